The SMILES string of the molecule is CCCCSC1=Nc2c(cnn2-c2cccc(Cl)c2)C2=NCCCN12. The van der Waals surface area contributed by atoms with Crippen LogP contribution in [0.4, 0.5) is 5.82 Å². The molecule has 2 aliphatic rings. The molecule has 5 nitrogen and oxygen atoms in total. The van der Waals surface area contributed by atoms with Gasteiger partial charge in [-0.05, 0) is 31.0 Å². The second-order valence-electron chi connectivity index (χ2n) is 6.08. The third-order valence-electron chi connectivity index (χ3n) is 4.26. The van der Waals surface area contributed by atoms with Gasteiger partial charge in [-0.25, -0.2) is 9.67 Å². The summed E-state index contributed by atoms with van der Waals surface area (Å²) < 4.78 is 1.86. The summed E-state index contributed by atoms with van der Waals surface area (Å²) in [7, 11) is 0. The summed E-state index contributed by atoms with van der Waals surface area (Å²) in [6.45, 7) is 4.04. The molecule has 2 aliphatic heterocycles. The van der Waals surface area contributed by atoms with Gasteiger partial charge in [-0.2, -0.15) is 5.10 Å². The Hall–Kier alpha value is -1.79. The first-order valence-electron chi connectivity index (χ1n) is 8.65. The van der Waals surface area contributed by atoms with Crippen LogP contribution in [0.15, 0.2) is 40.4 Å². The molecule has 7 heteroatoms. The highest BCUT2D eigenvalue weighted by atomic mass is 35.5. The predicted molar refractivity (Wildman–Crippen MR) is 106 cm³/mol. The van der Waals surface area contributed by atoms with Crippen LogP contribution in [-0.2, 0) is 0 Å². The number of nitrogens with zero attached hydrogens (tertiary/aromatic N) is 5. The average Bonchev–Trinajstić information content (AvgIpc) is 3.06. The average molecular weight is 374 g/mol. The van der Waals surface area contributed by atoms with Crippen LogP contribution in [0.25, 0.3) is 5.69 Å². The topological polar surface area (TPSA) is 45.8 Å². The van der Waals surface area contributed by atoms with Crippen molar-refractivity contribution in [2.24, 2.45) is 9.98 Å². The van der Waals surface area contributed by atoms with Gasteiger partial charge in [0.2, 0.25) is 0 Å². The van der Waals surface area contributed by atoms with Crippen LogP contribution in [0.3, 0.4) is 0 Å². The van der Waals surface area contributed by atoms with Crippen LogP contribution in [0, 0.1) is 0 Å². The Bertz CT molecular complexity index is 842. The highest BCUT2D eigenvalue weighted by Gasteiger charge is 2.31. The summed E-state index contributed by atoms with van der Waals surface area (Å²) in [5, 5.41) is 6.29. The maximum atomic E-state index is 6.16. The van der Waals surface area contributed by atoms with E-state index in [2.05, 4.69) is 16.9 Å². The van der Waals surface area contributed by atoms with Crippen molar-refractivity contribution in [2.45, 2.75) is 26.2 Å². The molecule has 0 atom stereocenters. The standard InChI is InChI=1S/C18H20ClN5S/c1-2-3-10-25-18-22-17-15(16-20-8-5-9-23(16)18)12-21-24(17)14-7-4-6-13(19)11-14/h4,6-7,11-12H,2-3,5,8-10H2,1H3. The van der Waals surface area contributed by atoms with Crippen LogP contribution in [0.1, 0.15) is 31.7 Å². The highest BCUT2D eigenvalue weighted by molar-refractivity contribution is 8.13. The first-order valence-corrected chi connectivity index (χ1v) is 10.0. The summed E-state index contributed by atoms with van der Waals surface area (Å²) in [6.07, 6.45) is 5.30. The van der Waals surface area contributed by atoms with Gasteiger partial charge >= 0.3 is 0 Å². The lowest BCUT2D eigenvalue weighted by Crippen LogP contribution is -2.41. The van der Waals surface area contributed by atoms with E-state index >= 15 is 0 Å². The van der Waals surface area contributed by atoms with Crippen molar-refractivity contribution in [2.75, 3.05) is 18.8 Å². The molecule has 0 saturated carbocycles. The summed E-state index contributed by atoms with van der Waals surface area (Å²) in [5.41, 5.74) is 1.92. The van der Waals surface area contributed by atoms with E-state index in [1.807, 2.05) is 46.9 Å². The third-order valence-corrected chi connectivity index (χ3v) is 5.55. The number of unbranched alkanes of at least 4 members (excludes halogenated alkanes) is 1. The number of fused-ring (bicyclic) bond motifs is 3. The lowest BCUT2D eigenvalue weighted by atomic mass is 10.2. The maximum Gasteiger partial charge on any atom is 0.171 e. The Morgan fingerprint density at radius 3 is 3.08 bits per heavy atom. The van der Waals surface area contributed by atoms with Gasteiger partial charge in [-0.1, -0.05) is 42.8 Å². The molecule has 130 valence electrons. The minimum absolute atomic E-state index is 0.690. The van der Waals surface area contributed by atoms with E-state index < -0.39 is 0 Å². The van der Waals surface area contributed by atoms with Crippen LogP contribution < -0.4 is 0 Å². The molecular weight excluding hydrogens is 354 g/mol. The largest absolute Gasteiger partial charge is 0.305 e. The van der Waals surface area contributed by atoms with Crippen molar-refractivity contribution in [3.63, 3.8) is 0 Å². The van der Waals surface area contributed by atoms with Crippen molar-refractivity contribution in [3.05, 3.63) is 41.0 Å². The second-order valence-corrected chi connectivity index (χ2v) is 7.58. The van der Waals surface area contributed by atoms with Crippen molar-refractivity contribution in [1.29, 1.82) is 0 Å². The summed E-state index contributed by atoms with van der Waals surface area (Å²) in [5.74, 6) is 2.92. The van der Waals surface area contributed by atoms with Gasteiger partial charge in [0.15, 0.2) is 11.0 Å². The monoisotopic (exact) mass is 373 g/mol. The molecule has 0 saturated heterocycles. The molecule has 4 rings (SSSR count). The Balaban J connectivity index is 1.78. The van der Waals surface area contributed by atoms with E-state index in [0.717, 1.165) is 53.3 Å². The van der Waals surface area contributed by atoms with E-state index in [0.29, 0.717) is 5.02 Å². The molecule has 0 radical (unpaired) electrons. The zero-order chi connectivity index (χ0) is 17.2. The van der Waals surface area contributed by atoms with Crippen molar-refractivity contribution in [1.82, 2.24) is 14.7 Å². The molecule has 0 aliphatic carbocycles. The van der Waals surface area contributed by atoms with Crippen LogP contribution in [0.2, 0.25) is 5.02 Å². The minimum atomic E-state index is 0.690. The molecule has 0 N–H and O–H groups in total. The number of thioether (sulfide) groups is 1. The minimum Gasteiger partial charge on any atom is -0.305 e. The van der Waals surface area contributed by atoms with Gasteiger partial charge in [0, 0.05) is 23.9 Å². The summed E-state index contributed by atoms with van der Waals surface area (Å²) in [6, 6.07) is 7.69. The molecule has 1 aromatic heterocycles. The molecule has 1 aromatic carbocycles. The summed E-state index contributed by atoms with van der Waals surface area (Å²) >= 11 is 7.97. The van der Waals surface area contributed by atoms with Gasteiger partial charge in [-0.15, -0.1) is 0 Å². The molecule has 2 aromatic rings. The van der Waals surface area contributed by atoms with Gasteiger partial charge < -0.3 is 4.90 Å². The molecular formula is C18H20ClN5S. The number of benzene rings is 1. The number of hydrogen-bond acceptors (Lipinski definition) is 5. The highest BCUT2D eigenvalue weighted by Crippen LogP contribution is 2.33. The third kappa shape index (κ3) is 3.20. The quantitative estimate of drug-likeness (QED) is 0.740. The van der Waals surface area contributed by atoms with E-state index in [9.17, 15) is 0 Å². The van der Waals surface area contributed by atoms with Gasteiger partial charge in [0.25, 0.3) is 0 Å². The van der Waals surface area contributed by atoms with Crippen molar-refractivity contribution < 1.29 is 0 Å². The Morgan fingerprint density at radius 1 is 1.32 bits per heavy atom. The number of aromatic nitrogens is 2. The molecule has 0 spiro atoms. The number of rotatable bonds is 4. The zero-order valence-corrected chi connectivity index (χ0v) is 15.7. The summed E-state index contributed by atoms with van der Waals surface area (Å²) in [4.78, 5) is 12.0. The lowest BCUT2D eigenvalue weighted by molar-refractivity contribution is 0.553. The van der Waals surface area contributed by atoms with Gasteiger partial charge in [0.05, 0.1) is 17.4 Å². The number of halogens is 1. The zero-order valence-electron chi connectivity index (χ0n) is 14.2. The predicted octanol–water partition coefficient (Wildman–Crippen LogP) is 4.51. The molecule has 3 heterocycles. The smallest absolute Gasteiger partial charge is 0.171 e. The van der Waals surface area contributed by atoms with Crippen LogP contribution in [-0.4, -0.2) is 44.5 Å². The number of hydrogen-bond donors (Lipinski definition) is 0. The molecule has 25 heavy (non-hydrogen) atoms. The molecule has 0 fully saturated rings. The number of amidine groups is 2. The fourth-order valence-corrected chi connectivity index (χ4v) is 4.28. The molecule has 0 amide bonds. The molecule has 0 unspecified atom stereocenters. The van der Waals surface area contributed by atoms with E-state index in [1.54, 1.807) is 0 Å². The fourth-order valence-electron chi connectivity index (χ4n) is 2.99. The van der Waals surface area contributed by atoms with Crippen LogP contribution >= 0.6 is 23.4 Å². The number of aliphatic imine (C=N–C) groups is 2. The van der Waals surface area contributed by atoms with E-state index in [-0.39, 0.29) is 0 Å². The van der Waals surface area contributed by atoms with Crippen molar-refractivity contribution in [3.8, 4) is 5.69 Å². The second kappa shape index (κ2) is 7.22. The van der Waals surface area contributed by atoms with Gasteiger partial charge in [-0.3, -0.25) is 4.99 Å². The fraction of sp³-hybridized carbons (Fsp3) is 0.389. The Labute approximate surface area is 156 Å². The Morgan fingerprint density at radius 2 is 2.24 bits per heavy atom. The van der Waals surface area contributed by atoms with Crippen molar-refractivity contribution >= 4 is 40.2 Å². The normalized spacial score (nSPS) is 16.2. The van der Waals surface area contributed by atoms with E-state index in [4.69, 9.17) is 21.6 Å². The van der Waals surface area contributed by atoms with Crippen LogP contribution in [0.5, 0.6) is 0 Å². The Kier molecular flexibility index (Phi) is 4.81. The molecule has 0 bridgehead atoms. The van der Waals surface area contributed by atoms with Gasteiger partial charge in [0.1, 0.15) is 5.84 Å². The first-order chi connectivity index (χ1) is 12.3. The first kappa shape index (κ1) is 16.7. The maximum absolute atomic E-state index is 6.16. The lowest BCUT2D eigenvalue weighted by Gasteiger charge is -2.32. The van der Waals surface area contributed by atoms with E-state index in [1.165, 1.54) is 12.8 Å².